The summed E-state index contributed by atoms with van der Waals surface area (Å²) in [6, 6.07) is 0. The zero-order valence-corrected chi connectivity index (χ0v) is 13.2. The van der Waals surface area contributed by atoms with Gasteiger partial charge in [0.2, 0.25) is 0 Å². The highest BCUT2D eigenvalue weighted by molar-refractivity contribution is 6.13. The first-order valence-electron chi connectivity index (χ1n) is 7.37. The molecular weight excluding hydrogens is 268 g/mol. The first kappa shape index (κ1) is 15.7. The Morgan fingerprint density at radius 3 is 2.43 bits per heavy atom. The monoisotopic (exact) mass is 290 g/mol. The first-order valence-corrected chi connectivity index (χ1v) is 7.37. The Hall–Kier alpha value is -1.71. The summed E-state index contributed by atoms with van der Waals surface area (Å²) in [6.45, 7) is 8.97. The highest BCUT2D eigenvalue weighted by Gasteiger charge is 2.46. The van der Waals surface area contributed by atoms with Gasteiger partial charge in [0.15, 0.2) is 11.6 Å². The molecule has 0 aliphatic heterocycles. The second-order valence-electron chi connectivity index (χ2n) is 6.38. The number of hydrogen-bond acceptors (Lipinski definition) is 4. The lowest BCUT2D eigenvalue weighted by molar-refractivity contribution is -0.148. The molecule has 0 N–H and O–H groups in total. The standard InChI is InChI=1S/C17H22O4/c1-8(2)12-7-13(19)10(4)15-14(20)6-9(3)17(16(12)15)21-11(5)18/h6,8,12,16-17H,7H2,1-5H3/t12-,16-,17+/m1/s1. The van der Waals surface area contributed by atoms with Crippen LogP contribution in [0.3, 0.4) is 0 Å². The summed E-state index contributed by atoms with van der Waals surface area (Å²) in [7, 11) is 0. The minimum absolute atomic E-state index is 0.0214. The third kappa shape index (κ3) is 2.71. The molecule has 2 aliphatic carbocycles. The topological polar surface area (TPSA) is 60.4 Å². The van der Waals surface area contributed by atoms with Crippen LogP contribution >= 0.6 is 0 Å². The Balaban J connectivity index is 2.59. The molecule has 0 saturated carbocycles. The normalized spacial score (nSPS) is 29.4. The molecule has 114 valence electrons. The SMILES string of the molecule is CC(=O)O[C@H]1C(C)=CC(=O)C2=C(C)C(=O)C[C@H](C(C)C)[C@H]21. The predicted octanol–water partition coefficient (Wildman–Crippen LogP) is 2.62. The molecule has 0 fully saturated rings. The summed E-state index contributed by atoms with van der Waals surface area (Å²) >= 11 is 0. The van der Waals surface area contributed by atoms with Gasteiger partial charge in [-0.15, -0.1) is 0 Å². The van der Waals surface area contributed by atoms with Crippen LogP contribution in [0.25, 0.3) is 0 Å². The van der Waals surface area contributed by atoms with Crippen LogP contribution in [-0.2, 0) is 19.1 Å². The summed E-state index contributed by atoms with van der Waals surface area (Å²) < 4.78 is 5.48. The fourth-order valence-corrected chi connectivity index (χ4v) is 3.48. The van der Waals surface area contributed by atoms with Crippen molar-refractivity contribution in [3.05, 3.63) is 22.8 Å². The largest absolute Gasteiger partial charge is 0.457 e. The molecule has 0 radical (unpaired) electrons. The molecule has 0 aromatic carbocycles. The molecule has 2 rings (SSSR count). The lowest BCUT2D eigenvalue weighted by Gasteiger charge is -2.42. The van der Waals surface area contributed by atoms with Gasteiger partial charge in [-0.3, -0.25) is 14.4 Å². The number of esters is 1. The van der Waals surface area contributed by atoms with E-state index in [0.29, 0.717) is 17.6 Å². The fourth-order valence-electron chi connectivity index (χ4n) is 3.48. The van der Waals surface area contributed by atoms with Crippen LogP contribution in [0.2, 0.25) is 0 Å². The number of carbonyl (C=O) groups excluding carboxylic acids is 3. The molecule has 0 heterocycles. The van der Waals surface area contributed by atoms with Gasteiger partial charge in [-0.05, 0) is 42.9 Å². The number of hydrogen-bond donors (Lipinski definition) is 0. The smallest absolute Gasteiger partial charge is 0.303 e. The summed E-state index contributed by atoms with van der Waals surface area (Å²) in [6.07, 6.45) is 1.47. The van der Waals surface area contributed by atoms with E-state index in [1.54, 1.807) is 6.92 Å². The number of rotatable bonds is 2. The van der Waals surface area contributed by atoms with Crippen LogP contribution in [0.1, 0.15) is 41.0 Å². The third-order valence-electron chi connectivity index (χ3n) is 4.59. The third-order valence-corrected chi connectivity index (χ3v) is 4.59. The fraction of sp³-hybridized carbons (Fsp3) is 0.588. The average Bonchev–Trinajstić information content (AvgIpc) is 2.36. The van der Waals surface area contributed by atoms with E-state index in [4.69, 9.17) is 4.74 Å². The molecular formula is C17H22O4. The van der Waals surface area contributed by atoms with Crippen molar-refractivity contribution in [3.8, 4) is 0 Å². The van der Waals surface area contributed by atoms with Crippen molar-refractivity contribution < 1.29 is 19.1 Å². The van der Waals surface area contributed by atoms with E-state index in [1.807, 2.05) is 20.8 Å². The number of carbonyl (C=O) groups is 3. The molecule has 3 atom stereocenters. The second kappa shape index (κ2) is 5.58. The second-order valence-corrected chi connectivity index (χ2v) is 6.38. The van der Waals surface area contributed by atoms with E-state index in [0.717, 1.165) is 5.57 Å². The number of ketones is 2. The van der Waals surface area contributed by atoms with Crippen LogP contribution in [0.4, 0.5) is 0 Å². The Morgan fingerprint density at radius 2 is 1.90 bits per heavy atom. The zero-order valence-electron chi connectivity index (χ0n) is 13.2. The predicted molar refractivity (Wildman–Crippen MR) is 78.5 cm³/mol. The molecule has 21 heavy (non-hydrogen) atoms. The minimum Gasteiger partial charge on any atom is -0.457 e. The maximum absolute atomic E-state index is 12.4. The number of allylic oxidation sites excluding steroid dienone is 2. The molecule has 0 aromatic rings. The van der Waals surface area contributed by atoms with Crippen molar-refractivity contribution >= 4 is 17.5 Å². The molecule has 0 saturated heterocycles. The molecule has 0 bridgehead atoms. The molecule has 0 unspecified atom stereocenters. The molecule has 4 nitrogen and oxygen atoms in total. The van der Waals surface area contributed by atoms with Crippen molar-refractivity contribution in [1.82, 2.24) is 0 Å². The molecule has 0 spiro atoms. The first-order chi connectivity index (χ1) is 9.73. The van der Waals surface area contributed by atoms with Crippen molar-refractivity contribution in [3.63, 3.8) is 0 Å². The minimum atomic E-state index is -0.439. The quantitative estimate of drug-likeness (QED) is 0.733. The van der Waals surface area contributed by atoms with Gasteiger partial charge in [0.05, 0.1) is 0 Å². The highest BCUT2D eigenvalue weighted by Crippen LogP contribution is 2.44. The van der Waals surface area contributed by atoms with E-state index in [-0.39, 0.29) is 35.3 Å². The lowest BCUT2D eigenvalue weighted by Crippen LogP contribution is -2.44. The van der Waals surface area contributed by atoms with Gasteiger partial charge in [0.25, 0.3) is 0 Å². The van der Waals surface area contributed by atoms with E-state index in [1.165, 1.54) is 13.0 Å². The van der Waals surface area contributed by atoms with Crippen LogP contribution in [0.15, 0.2) is 22.8 Å². The Labute approximate surface area is 125 Å². The summed E-state index contributed by atoms with van der Waals surface area (Å²) in [4.78, 5) is 36.0. The number of Topliss-reactive ketones (excluding diaryl/α,β-unsaturated/α-hetero) is 1. The lowest BCUT2D eigenvalue weighted by atomic mass is 9.64. The number of ether oxygens (including phenoxy) is 1. The van der Waals surface area contributed by atoms with E-state index in [2.05, 4.69) is 0 Å². The molecule has 2 aliphatic rings. The summed E-state index contributed by atoms with van der Waals surface area (Å²) in [5, 5.41) is 0. The van der Waals surface area contributed by atoms with E-state index < -0.39 is 6.10 Å². The van der Waals surface area contributed by atoms with Gasteiger partial charge in [0.1, 0.15) is 6.10 Å². The van der Waals surface area contributed by atoms with Gasteiger partial charge in [-0.25, -0.2) is 0 Å². The summed E-state index contributed by atoms with van der Waals surface area (Å²) in [5.74, 6) is -0.394. The van der Waals surface area contributed by atoms with Gasteiger partial charge < -0.3 is 4.74 Å². The van der Waals surface area contributed by atoms with Crippen molar-refractivity contribution in [2.75, 3.05) is 0 Å². The number of fused-ring (bicyclic) bond motifs is 1. The van der Waals surface area contributed by atoms with Gasteiger partial charge in [-0.2, -0.15) is 0 Å². The summed E-state index contributed by atoms with van der Waals surface area (Å²) in [5.41, 5.74) is 1.83. The Morgan fingerprint density at radius 1 is 1.29 bits per heavy atom. The van der Waals surface area contributed by atoms with Crippen molar-refractivity contribution in [2.24, 2.45) is 17.8 Å². The van der Waals surface area contributed by atoms with Gasteiger partial charge in [-0.1, -0.05) is 13.8 Å². The maximum Gasteiger partial charge on any atom is 0.303 e. The van der Waals surface area contributed by atoms with Crippen LogP contribution < -0.4 is 0 Å². The highest BCUT2D eigenvalue weighted by atomic mass is 16.5. The van der Waals surface area contributed by atoms with E-state index in [9.17, 15) is 14.4 Å². The Kier molecular flexibility index (Phi) is 4.17. The van der Waals surface area contributed by atoms with Gasteiger partial charge >= 0.3 is 5.97 Å². The average molecular weight is 290 g/mol. The van der Waals surface area contributed by atoms with Crippen LogP contribution in [0.5, 0.6) is 0 Å². The van der Waals surface area contributed by atoms with Gasteiger partial charge in [0, 0.05) is 24.8 Å². The molecule has 0 aromatic heterocycles. The van der Waals surface area contributed by atoms with Crippen LogP contribution in [-0.4, -0.2) is 23.6 Å². The molecule has 4 heteroatoms. The van der Waals surface area contributed by atoms with Crippen LogP contribution in [0, 0.1) is 17.8 Å². The van der Waals surface area contributed by atoms with Crippen molar-refractivity contribution in [2.45, 2.75) is 47.1 Å². The van der Waals surface area contributed by atoms with Crippen molar-refractivity contribution in [1.29, 1.82) is 0 Å². The maximum atomic E-state index is 12.4. The zero-order chi connectivity index (χ0) is 15.9. The van der Waals surface area contributed by atoms with E-state index >= 15 is 0 Å². The Bertz CT molecular complexity index is 565. The molecule has 0 amide bonds.